The van der Waals surface area contributed by atoms with Crippen molar-refractivity contribution in [1.82, 2.24) is 4.98 Å². The van der Waals surface area contributed by atoms with Gasteiger partial charge in [0.05, 0.1) is 5.69 Å². The highest BCUT2D eigenvalue weighted by atomic mass is 32.1. The number of rotatable bonds is 2. The number of thiazole rings is 1. The van der Waals surface area contributed by atoms with Crippen molar-refractivity contribution in [2.45, 2.75) is 20.8 Å². The minimum absolute atomic E-state index is 0.419. The zero-order chi connectivity index (χ0) is 14.7. The molecule has 0 aliphatic carbocycles. The van der Waals surface area contributed by atoms with Crippen LogP contribution in [0.1, 0.15) is 16.8 Å². The van der Waals surface area contributed by atoms with Gasteiger partial charge in [0.2, 0.25) is 0 Å². The zero-order valence-electron chi connectivity index (χ0n) is 11.5. The van der Waals surface area contributed by atoms with Gasteiger partial charge in [0.25, 0.3) is 0 Å². The fourth-order valence-electron chi connectivity index (χ4n) is 1.57. The highest BCUT2D eigenvalue weighted by molar-refractivity contribution is 7.14. The van der Waals surface area contributed by atoms with Gasteiger partial charge in [-0.2, -0.15) is 0 Å². The van der Waals surface area contributed by atoms with Crippen molar-refractivity contribution < 1.29 is 9.59 Å². The van der Waals surface area contributed by atoms with E-state index in [-0.39, 0.29) is 0 Å². The van der Waals surface area contributed by atoms with Crippen LogP contribution < -0.4 is 10.6 Å². The van der Waals surface area contributed by atoms with Crippen LogP contribution in [0.3, 0.4) is 0 Å². The van der Waals surface area contributed by atoms with Gasteiger partial charge in [-0.05, 0) is 44.0 Å². The molecule has 0 spiro atoms. The Morgan fingerprint density at radius 1 is 1.05 bits per heavy atom. The first-order valence-electron chi connectivity index (χ1n) is 6.07. The average Bonchev–Trinajstić information content (AvgIpc) is 2.79. The standard InChI is InChI=1S/C14H15N3O2S/c1-8-4-5-11(6-9(8)2)16-12(18)13(19)17-14-15-10(3)7-20-14/h4-7H,1-3H3,(H,16,18)(H,15,17,19). The highest BCUT2D eigenvalue weighted by Gasteiger charge is 2.15. The van der Waals surface area contributed by atoms with E-state index >= 15 is 0 Å². The molecular weight excluding hydrogens is 274 g/mol. The fourth-order valence-corrected chi connectivity index (χ4v) is 2.26. The Bertz CT molecular complexity index is 664. The van der Waals surface area contributed by atoms with E-state index < -0.39 is 11.8 Å². The Balaban J connectivity index is 2.00. The molecule has 104 valence electrons. The molecule has 0 fully saturated rings. The molecule has 6 heteroatoms. The smallest absolute Gasteiger partial charge is 0.315 e. The quantitative estimate of drug-likeness (QED) is 0.835. The second-order valence-corrected chi connectivity index (χ2v) is 5.36. The minimum atomic E-state index is -0.724. The second kappa shape index (κ2) is 5.83. The van der Waals surface area contributed by atoms with Gasteiger partial charge in [-0.25, -0.2) is 4.98 Å². The maximum absolute atomic E-state index is 11.8. The van der Waals surface area contributed by atoms with Crippen LogP contribution in [0.4, 0.5) is 10.8 Å². The van der Waals surface area contributed by atoms with Gasteiger partial charge in [0.1, 0.15) is 0 Å². The molecule has 0 radical (unpaired) electrons. The molecule has 2 rings (SSSR count). The lowest BCUT2D eigenvalue weighted by Gasteiger charge is -2.07. The van der Waals surface area contributed by atoms with Crippen LogP contribution in [0.25, 0.3) is 0 Å². The van der Waals surface area contributed by atoms with Crippen molar-refractivity contribution in [3.63, 3.8) is 0 Å². The van der Waals surface area contributed by atoms with Crippen LogP contribution in [0, 0.1) is 20.8 Å². The molecule has 0 atom stereocenters. The van der Waals surface area contributed by atoms with Crippen LogP contribution in [-0.4, -0.2) is 16.8 Å². The summed E-state index contributed by atoms with van der Waals surface area (Å²) >= 11 is 1.28. The van der Waals surface area contributed by atoms with Crippen LogP contribution in [0.5, 0.6) is 0 Å². The Morgan fingerprint density at radius 2 is 1.75 bits per heavy atom. The predicted molar refractivity (Wildman–Crippen MR) is 80.0 cm³/mol. The first-order chi connectivity index (χ1) is 9.45. The number of nitrogens with zero attached hydrogens (tertiary/aromatic N) is 1. The summed E-state index contributed by atoms with van der Waals surface area (Å²) in [5, 5.41) is 7.25. The summed E-state index contributed by atoms with van der Waals surface area (Å²) < 4.78 is 0. The first kappa shape index (κ1) is 14.2. The molecule has 0 bridgehead atoms. The summed E-state index contributed by atoms with van der Waals surface area (Å²) in [6.07, 6.45) is 0. The molecule has 0 saturated carbocycles. The van der Waals surface area contributed by atoms with Crippen molar-refractivity contribution in [3.05, 3.63) is 40.4 Å². The number of hydrogen-bond donors (Lipinski definition) is 2. The molecule has 0 aliphatic heterocycles. The summed E-state index contributed by atoms with van der Waals surface area (Å²) in [6.45, 7) is 5.75. The third kappa shape index (κ3) is 3.42. The minimum Gasteiger partial charge on any atom is -0.318 e. The van der Waals surface area contributed by atoms with Gasteiger partial charge < -0.3 is 5.32 Å². The molecule has 20 heavy (non-hydrogen) atoms. The molecule has 1 aromatic carbocycles. The molecule has 2 N–H and O–H groups in total. The summed E-state index contributed by atoms with van der Waals surface area (Å²) in [7, 11) is 0. The Hall–Kier alpha value is -2.21. The van der Waals surface area contributed by atoms with Crippen molar-refractivity contribution in [3.8, 4) is 0 Å². The number of nitrogens with one attached hydrogen (secondary N) is 2. The van der Waals surface area contributed by atoms with E-state index in [0.717, 1.165) is 16.8 Å². The number of anilines is 2. The predicted octanol–water partition coefficient (Wildman–Crippen LogP) is 2.65. The molecule has 5 nitrogen and oxygen atoms in total. The van der Waals surface area contributed by atoms with Gasteiger partial charge in [-0.1, -0.05) is 6.07 Å². The largest absolute Gasteiger partial charge is 0.318 e. The number of hydrogen-bond acceptors (Lipinski definition) is 4. The van der Waals surface area contributed by atoms with E-state index in [1.807, 2.05) is 32.9 Å². The number of amides is 2. The molecular formula is C14H15N3O2S. The van der Waals surface area contributed by atoms with E-state index in [4.69, 9.17) is 0 Å². The maximum atomic E-state index is 11.8. The van der Waals surface area contributed by atoms with Crippen LogP contribution in [-0.2, 0) is 9.59 Å². The number of carbonyl (C=O) groups is 2. The van der Waals surface area contributed by atoms with E-state index in [0.29, 0.717) is 10.8 Å². The third-order valence-corrected chi connectivity index (χ3v) is 3.69. The van der Waals surface area contributed by atoms with E-state index in [1.165, 1.54) is 11.3 Å². The van der Waals surface area contributed by atoms with Crippen LogP contribution >= 0.6 is 11.3 Å². The number of carbonyl (C=O) groups excluding carboxylic acids is 2. The first-order valence-corrected chi connectivity index (χ1v) is 6.95. The lowest BCUT2D eigenvalue weighted by Crippen LogP contribution is -2.29. The van der Waals surface area contributed by atoms with E-state index in [9.17, 15) is 9.59 Å². The lowest BCUT2D eigenvalue weighted by molar-refractivity contribution is -0.132. The summed E-state index contributed by atoms with van der Waals surface area (Å²) in [4.78, 5) is 27.6. The van der Waals surface area contributed by atoms with E-state index in [1.54, 1.807) is 11.4 Å². The zero-order valence-corrected chi connectivity index (χ0v) is 12.3. The Kier molecular flexibility index (Phi) is 4.14. The molecule has 1 heterocycles. The maximum Gasteiger partial charge on any atom is 0.315 e. The molecule has 2 aromatic rings. The topological polar surface area (TPSA) is 71.1 Å². The number of benzene rings is 1. The molecule has 0 unspecified atom stereocenters. The summed E-state index contributed by atoms with van der Waals surface area (Å²) in [5.74, 6) is -1.43. The number of aromatic nitrogens is 1. The van der Waals surface area contributed by atoms with Crippen LogP contribution in [0.2, 0.25) is 0 Å². The van der Waals surface area contributed by atoms with Crippen molar-refractivity contribution >= 4 is 34.0 Å². The normalized spacial score (nSPS) is 10.2. The monoisotopic (exact) mass is 289 g/mol. The average molecular weight is 289 g/mol. The Morgan fingerprint density at radius 3 is 2.35 bits per heavy atom. The third-order valence-electron chi connectivity index (χ3n) is 2.81. The summed E-state index contributed by atoms with van der Waals surface area (Å²) in [6, 6.07) is 5.49. The number of aryl methyl sites for hydroxylation is 3. The second-order valence-electron chi connectivity index (χ2n) is 4.50. The van der Waals surface area contributed by atoms with Crippen LogP contribution in [0.15, 0.2) is 23.6 Å². The van der Waals surface area contributed by atoms with E-state index in [2.05, 4.69) is 15.6 Å². The molecule has 1 aromatic heterocycles. The molecule has 0 saturated heterocycles. The van der Waals surface area contributed by atoms with Gasteiger partial charge in [-0.3, -0.25) is 14.9 Å². The molecule has 2 amide bonds. The lowest BCUT2D eigenvalue weighted by atomic mass is 10.1. The van der Waals surface area contributed by atoms with Crippen molar-refractivity contribution in [2.24, 2.45) is 0 Å². The van der Waals surface area contributed by atoms with Crippen molar-refractivity contribution in [2.75, 3.05) is 10.6 Å². The van der Waals surface area contributed by atoms with Gasteiger partial charge in [-0.15, -0.1) is 11.3 Å². The fraction of sp³-hybridized carbons (Fsp3) is 0.214. The summed E-state index contributed by atoms with van der Waals surface area (Å²) in [5.41, 5.74) is 3.59. The Labute approximate surface area is 121 Å². The SMILES string of the molecule is Cc1csc(NC(=O)C(=O)Nc2ccc(C)c(C)c2)n1. The molecule has 0 aliphatic rings. The van der Waals surface area contributed by atoms with Gasteiger partial charge >= 0.3 is 11.8 Å². The van der Waals surface area contributed by atoms with Gasteiger partial charge in [0.15, 0.2) is 5.13 Å². The highest BCUT2D eigenvalue weighted by Crippen LogP contribution is 2.16. The van der Waals surface area contributed by atoms with Gasteiger partial charge in [0, 0.05) is 11.1 Å². The van der Waals surface area contributed by atoms with Crippen molar-refractivity contribution in [1.29, 1.82) is 0 Å².